The Balaban J connectivity index is 1.44. The summed E-state index contributed by atoms with van der Waals surface area (Å²) in [6.07, 6.45) is 5.28. The van der Waals surface area contributed by atoms with Crippen molar-refractivity contribution < 1.29 is 13.2 Å². The molecular weight excluding hydrogens is 360 g/mol. The van der Waals surface area contributed by atoms with E-state index in [9.17, 15) is 13.2 Å². The van der Waals surface area contributed by atoms with Crippen LogP contribution in [0, 0.1) is 17.8 Å². The molecule has 1 amide bonds. The highest BCUT2D eigenvalue weighted by atomic mass is 35.5. The molecule has 25 heavy (non-hydrogen) atoms. The van der Waals surface area contributed by atoms with Crippen LogP contribution in [0.15, 0.2) is 29.2 Å². The predicted octanol–water partition coefficient (Wildman–Crippen LogP) is 2.95. The fourth-order valence-electron chi connectivity index (χ4n) is 4.36. The zero-order chi connectivity index (χ0) is 18.0. The second-order valence-electron chi connectivity index (χ2n) is 7.30. The van der Waals surface area contributed by atoms with E-state index >= 15 is 0 Å². The highest BCUT2D eigenvalue weighted by molar-refractivity contribution is 7.89. The van der Waals surface area contributed by atoms with E-state index in [1.807, 2.05) is 0 Å². The number of hydrogen-bond acceptors (Lipinski definition) is 3. The van der Waals surface area contributed by atoms with Crippen LogP contribution >= 0.6 is 11.6 Å². The first-order chi connectivity index (χ1) is 11.8. The van der Waals surface area contributed by atoms with Gasteiger partial charge >= 0.3 is 0 Å². The number of amides is 1. The quantitative estimate of drug-likeness (QED) is 0.758. The minimum absolute atomic E-state index is 0.0735. The Morgan fingerprint density at radius 1 is 1.32 bits per heavy atom. The normalized spacial score (nSPS) is 26.6. The van der Waals surface area contributed by atoms with Crippen LogP contribution in [0.5, 0.6) is 0 Å². The standard InChI is InChI=1S/C18H25ClN2O3S/c1-12(17-10-13-5-6-14(17)9-13)21-18(22)7-8-20-25(23,24)16-4-2-3-15(19)11-16/h2-4,11-14,17,20H,5-10H2,1H3,(H,21,22). The number of benzene rings is 1. The highest BCUT2D eigenvalue weighted by Crippen LogP contribution is 2.49. The molecule has 1 aromatic carbocycles. The molecule has 2 bridgehead atoms. The first-order valence-electron chi connectivity index (χ1n) is 8.90. The molecule has 0 aromatic heterocycles. The molecule has 2 saturated carbocycles. The van der Waals surface area contributed by atoms with E-state index in [4.69, 9.17) is 11.6 Å². The third-order valence-electron chi connectivity index (χ3n) is 5.57. The van der Waals surface area contributed by atoms with Gasteiger partial charge in [-0.25, -0.2) is 13.1 Å². The summed E-state index contributed by atoms with van der Waals surface area (Å²) in [6, 6.07) is 6.23. The van der Waals surface area contributed by atoms with Crippen molar-refractivity contribution in [2.75, 3.05) is 6.54 Å². The molecule has 0 spiro atoms. The zero-order valence-electron chi connectivity index (χ0n) is 14.4. The topological polar surface area (TPSA) is 75.3 Å². The minimum atomic E-state index is -3.64. The van der Waals surface area contributed by atoms with Crippen LogP contribution in [0.25, 0.3) is 0 Å². The van der Waals surface area contributed by atoms with Crippen LogP contribution in [0.3, 0.4) is 0 Å². The fraction of sp³-hybridized carbons (Fsp3) is 0.611. The van der Waals surface area contributed by atoms with Crippen LogP contribution in [-0.4, -0.2) is 26.9 Å². The molecule has 1 aromatic rings. The molecular formula is C18H25ClN2O3S. The summed E-state index contributed by atoms with van der Waals surface area (Å²) >= 11 is 5.83. The largest absolute Gasteiger partial charge is 0.353 e. The van der Waals surface area contributed by atoms with Crippen molar-refractivity contribution in [3.63, 3.8) is 0 Å². The number of halogens is 1. The summed E-state index contributed by atoms with van der Waals surface area (Å²) in [5, 5.41) is 3.41. The average molecular weight is 385 g/mol. The Kier molecular flexibility index (Phi) is 5.71. The van der Waals surface area contributed by atoms with Crippen LogP contribution < -0.4 is 10.0 Å². The van der Waals surface area contributed by atoms with E-state index in [1.54, 1.807) is 12.1 Å². The second-order valence-corrected chi connectivity index (χ2v) is 9.50. The Bertz CT molecular complexity index is 738. The van der Waals surface area contributed by atoms with E-state index in [0.29, 0.717) is 10.9 Å². The molecule has 4 unspecified atom stereocenters. The van der Waals surface area contributed by atoms with Crippen LogP contribution in [-0.2, 0) is 14.8 Å². The summed E-state index contributed by atoms with van der Waals surface area (Å²) in [5.74, 6) is 2.07. The predicted molar refractivity (Wildman–Crippen MR) is 97.8 cm³/mol. The number of hydrogen-bond donors (Lipinski definition) is 2. The highest BCUT2D eigenvalue weighted by Gasteiger charge is 2.42. The number of carbonyl (C=O) groups is 1. The first-order valence-corrected chi connectivity index (χ1v) is 10.8. The van der Waals surface area contributed by atoms with E-state index in [1.165, 1.54) is 37.8 Å². The van der Waals surface area contributed by atoms with Gasteiger partial charge in [0.1, 0.15) is 0 Å². The maximum atomic E-state index is 12.2. The fourth-order valence-corrected chi connectivity index (χ4v) is 5.69. The van der Waals surface area contributed by atoms with Crippen LogP contribution in [0.1, 0.15) is 39.0 Å². The van der Waals surface area contributed by atoms with Crippen LogP contribution in [0.2, 0.25) is 5.02 Å². The molecule has 0 heterocycles. The number of nitrogens with one attached hydrogen (secondary N) is 2. The molecule has 5 nitrogen and oxygen atoms in total. The summed E-state index contributed by atoms with van der Waals surface area (Å²) in [6.45, 7) is 2.14. The van der Waals surface area contributed by atoms with Gasteiger partial charge in [0.25, 0.3) is 0 Å². The minimum Gasteiger partial charge on any atom is -0.353 e. The molecule has 4 atom stereocenters. The molecule has 3 rings (SSSR count). The second kappa shape index (κ2) is 7.64. The van der Waals surface area contributed by atoms with E-state index in [0.717, 1.165) is 11.8 Å². The van der Waals surface area contributed by atoms with E-state index in [2.05, 4.69) is 17.0 Å². The molecule has 0 saturated heterocycles. The van der Waals surface area contributed by atoms with Crippen molar-refractivity contribution in [2.45, 2.75) is 50.0 Å². The molecule has 2 fully saturated rings. The van der Waals surface area contributed by atoms with Gasteiger partial charge in [0.15, 0.2) is 0 Å². The smallest absolute Gasteiger partial charge is 0.240 e. The Labute approximate surface area is 154 Å². The summed E-state index contributed by atoms with van der Waals surface area (Å²) in [5.41, 5.74) is 0. The summed E-state index contributed by atoms with van der Waals surface area (Å²) in [4.78, 5) is 12.2. The molecule has 2 aliphatic carbocycles. The monoisotopic (exact) mass is 384 g/mol. The van der Waals surface area contributed by atoms with E-state index < -0.39 is 10.0 Å². The first kappa shape index (κ1) is 18.7. The van der Waals surface area contributed by atoms with Gasteiger partial charge in [-0.05, 0) is 62.1 Å². The van der Waals surface area contributed by atoms with Gasteiger partial charge in [-0.1, -0.05) is 24.1 Å². The number of rotatable bonds is 7. The van der Waals surface area contributed by atoms with Crippen molar-refractivity contribution in [3.05, 3.63) is 29.3 Å². The van der Waals surface area contributed by atoms with Crippen molar-refractivity contribution in [3.8, 4) is 0 Å². The number of sulfonamides is 1. The van der Waals surface area contributed by atoms with E-state index in [-0.39, 0.29) is 29.8 Å². The Morgan fingerprint density at radius 2 is 2.12 bits per heavy atom. The van der Waals surface area contributed by atoms with Gasteiger partial charge in [-0.15, -0.1) is 0 Å². The Hall–Kier alpha value is -1.11. The summed E-state index contributed by atoms with van der Waals surface area (Å²) < 4.78 is 26.8. The van der Waals surface area contributed by atoms with Crippen molar-refractivity contribution in [2.24, 2.45) is 17.8 Å². The number of fused-ring (bicyclic) bond motifs is 2. The van der Waals surface area contributed by atoms with Crippen molar-refractivity contribution >= 4 is 27.5 Å². The lowest BCUT2D eigenvalue weighted by Crippen LogP contribution is -2.41. The molecule has 138 valence electrons. The third-order valence-corrected chi connectivity index (χ3v) is 7.27. The lowest BCUT2D eigenvalue weighted by atomic mass is 9.84. The van der Waals surface area contributed by atoms with Crippen molar-refractivity contribution in [1.29, 1.82) is 0 Å². The van der Waals surface area contributed by atoms with Gasteiger partial charge in [0.05, 0.1) is 4.90 Å². The van der Waals surface area contributed by atoms with Crippen LogP contribution in [0.4, 0.5) is 0 Å². The maximum absolute atomic E-state index is 12.2. The molecule has 7 heteroatoms. The van der Waals surface area contributed by atoms with Gasteiger partial charge in [0.2, 0.25) is 15.9 Å². The van der Waals surface area contributed by atoms with Crippen molar-refractivity contribution in [1.82, 2.24) is 10.0 Å². The number of carbonyl (C=O) groups excluding carboxylic acids is 1. The zero-order valence-corrected chi connectivity index (χ0v) is 15.9. The van der Waals surface area contributed by atoms with Gasteiger partial charge in [0, 0.05) is 24.0 Å². The maximum Gasteiger partial charge on any atom is 0.240 e. The molecule has 2 aliphatic rings. The van der Waals surface area contributed by atoms with Gasteiger partial charge in [-0.3, -0.25) is 4.79 Å². The average Bonchev–Trinajstić information content (AvgIpc) is 3.17. The SMILES string of the molecule is CC(NC(=O)CCNS(=O)(=O)c1cccc(Cl)c1)C1CC2CCC1C2. The lowest BCUT2D eigenvalue weighted by Gasteiger charge is -2.28. The van der Waals surface area contributed by atoms with Gasteiger partial charge in [-0.2, -0.15) is 0 Å². The van der Waals surface area contributed by atoms with Gasteiger partial charge < -0.3 is 5.32 Å². The Morgan fingerprint density at radius 3 is 2.76 bits per heavy atom. The lowest BCUT2D eigenvalue weighted by molar-refractivity contribution is -0.122. The molecule has 0 radical (unpaired) electrons. The molecule has 0 aliphatic heterocycles. The third kappa shape index (κ3) is 4.54. The summed E-state index contributed by atoms with van der Waals surface area (Å²) in [7, 11) is -3.64. The molecule has 2 N–H and O–H groups in total.